The maximum absolute atomic E-state index is 12.1. The summed E-state index contributed by atoms with van der Waals surface area (Å²) in [6.45, 7) is 0. The summed E-state index contributed by atoms with van der Waals surface area (Å²) in [6, 6.07) is 5.89. The van der Waals surface area contributed by atoms with E-state index in [2.05, 4.69) is 5.32 Å². The second-order valence-corrected chi connectivity index (χ2v) is 5.55. The summed E-state index contributed by atoms with van der Waals surface area (Å²) in [5.41, 5.74) is -1.59. The molecule has 0 fully saturated rings. The van der Waals surface area contributed by atoms with Crippen LogP contribution in [0.2, 0.25) is 10.0 Å². The summed E-state index contributed by atoms with van der Waals surface area (Å²) in [6.07, 6.45) is 0.868. The molecule has 0 aliphatic carbocycles. The van der Waals surface area contributed by atoms with Crippen molar-refractivity contribution < 1.29 is 19.1 Å². The highest BCUT2D eigenvalue weighted by molar-refractivity contribution is 6.36. The summed E-state index contributed by atoms with van der Waals surface area (Å²) in [4.78, 5) is 24.2. The van der Waals surface area contributed by atoms with Crippen molar-refractivity contribution in [3.8, 4) is 0 Å². The number of fused-ring (bicyclic) bond motifs is 1. The van der Waals surface area contributed by atoms with E-state index >= 15 is 0 Å². The number of furan rings is 1. The van der Waals surface area contributed by atoms with Gasteiger partial charge in [0.25, 0.3) is 5.91 Å². The molecule has 7 heteroatoms. The minimum Gasteiger partial charge on any atom is -0.461 e. The molecule has 2 heterocycles. The van der Waals surface area contributed by atoms with Crippen LogP contribution in [0.15, 0.2) is 34.9 Å². The first-order valence-corrected chi connectivity index (χ1v) is 6.77. The summed E-state index contributed by atoms with van der Waals surface area (Å²) in [7, 11) is 0. The van der Waals surface area contributed by atoms with Crippen molar-refractivity contribution >= 4 is 40.6 Å². The highest BCUT2D eigenvalue weighted by atomic mass is 35.5. The van der Waals surface area contributed by atoms with Crippen molar-refractivity contribution in [1.82, 2.24) is 0 Å². The van der Waals surface area contributed by atoms with E-state index in [4.69, 9.17) is 27.6 Å². The van der Waals surface area contributed by atoms with E-state index in [9.17, 15) is 14.7 Å². The Hall–Kier alpha value is -1.82. The van der Waals surface area contributed by atoms with Gasteiger partial charge >= 0.3 is 0 Å². The average Bonchev–Trinajstić information content (AvgIpc) is 2.97. The van der Waals surface area contributed by atoms with Gasteiger partial charge in [-0.1, -0.05) is 23.2 Å². The van der Waals surface area contributed by atoms with Crippen LogP contribution in [0.1, 0.15) is 22.5 Å². The van der Waals surface area contributed by atoms with Crippen LogP contribution in [0.5, 0.6) is 0 Å². The molecule has 0 radical (unpaired) electrons. The third kappa shape index (κ3) is 2.23. The van der Waals surface area contributed by atoms with Gasteiger partial charge in [0, 0.05) is 10.6 Å². The topological polar surface area (TPSA) is 79.5 Å². The zero-order valence-corrected chi connectivity index (χ0v) is 12.0. The number of amides is 1. The molecule has 1 amide bonds. The predicted molar refractivity (Wildman–Crippen MR) is 76.6 cm³/mol. The molecular formula is C14H9Cl2NO4. The largest absolute Gasteiger partial charge is 0.461 e. The number of carbonyl (C=O) groups is 2. The number of carbonyl (C=O) groups excluding carboxylic acids is 2. The van der Waals surface area contributed by atoms with Crippen LogP contribution >= 0.6 is 23.2 Å². The van der Waals surface area contributed by atoms with Crippen molar-refractivity contribution in [1.29, 1.82) is 0 Å². The molecule has 2 aromatic rings. The van der Waals surface area contributed by atoms with Crippen molar-refractivity contribution in [2.75, 3.05) is 5.32 Å². The Labute approximate surface area is 129 Å². The molecule has 1 unspecified atom stereocenters. The zero-order chi connectivity index (χ0) is 15.2. The highest BCUT2D eigenvalue weighted by Crippen LogP contribution is 2.44. The van der Waals surface area contributed by atoms with Crippen LogP contribution in [0, 0.1) is 0 Å². The fourth-order valence-electron chi connectivity index (χ4n) is 2.36. The average molecular weight is 326 g/mol. The van der Waals surface area contributed by atoms with E-state index in [1.54, 1.807) is 6.07 Å². The second kappa shape index (κ2) is 4.87. The van der Waals surface area contributed by atoms with E-state index in [0.29, 0.717) is 10.7 Å². The first-order valence-electron chi connectivity index (χ1n) is 6.02. The maximum Gasteiger partial charge on any atom is 0.261 e. The van der Waals surface area contributed by atoms with E-state index in [1.165, 1.54) is 24.5 Å². The fraction of sp³-hybridized carbons (Fsp3) is 0.143. The number of hydrogen-bond donors (Lipinski definition) is 2. The molecule has 1 aliphatic heterocycles. The Balaban J connectivity index is 2.03. The van der Waals surface area contributed by atoms with Gasteiger partial charge in [-0.15, -0.1) is 0 Å². The van der Waals surface area contributed by atoms with E-state index in [1.807, 2.05) is 0 Å². The maximum atomic E-state index is 12.1. The molecule has 1 aromatic carbocycles. The van der Waals surface area contributed by atoms with Crippen molar-refractivity contribution in [3.63, 3.8) is 0 Å². The molecule has 21 heavy (non-hydrogen) atoms. The van der Waals surface area contributed by atoms with E-state index in [-0.39, 0.29) is 16.3 Å². The van der Waals surface area contributed by atoms with Gasteiger partial charge in [0.1, 0.15) is 0 Å². The Morgan fingerprint density at radius 3 is 2.81 bits per heavy atom. The number of aliphatic hydroxyl groups is 1. The number of nitrogens with one attached hydrogen (secondary N) is 1. The van der Waals surface area contributed by atoms with Gasteiger partial charge < -0.3 is 14.8 Å². The van der Waals surface area contributed by atoms with Crippen LogP contribution in [-0.4, -0.2) is 16.8 Å². The van der Waals surface area contributed by atoms with Gasteiger partial charge in [0.05, 0.1) is 23.4 Å². The molecule has 108 valence electrons. The molecule has 0 spiro atoms. The van der Waals surface area contributed by atoms with E-state index < -0.39 is 23.7 Å². The van der Waals surface area contributed by atoms with Gasteiger partial charge in [-0.2, -0.15) is 0 Å². The molecule has 5 nitrogen and oxygen atoms in total. The standard InChI is InChI=1S/C14H9Cl2NO4/c15-7-4-8(16)12-9(5-7)17-13(19)14(12,20)6-10(18)11-2-1-3-21-11/h1-5,20H,6H2,(H,17,19). The van der Waals surface area contributed by atoms with Crippen molar-refractivity contribution in [3.05, 3.63) is 51.9 Å². The zero-order valence-electron chi connectivity index (χ0n) is 10.5. The van der Waals surface area contributed by atoms with Gasteiger partial charge in [0.2, 0.25) is 5.78 Å². The highest BCUT2D eigenvalue weighted by Gasteiger charge is 2.48. The Kier molecular flexibility index (Phi) is 3.28. The lowest BCUT2D eigenvalue weighted by Gasteiger charge is -2.20. The molecule has 0 bridgehead atoms. The van der Waals surface area contributed by atoms with Crippen LogP contribution in [-0.2, 0) is 10.4 Å². The van der Waals surface area contributed by atoms with Gasteiger partial charge in [-0.3, -0.25) is 9.59 Å². The summed E-state index contributed by atoms with van der Waals surface area (Å²) < 4.78 is 4.98. The number of Topliss-reactive ketones (excluding diaryl/α,β-unsaturated/α-hetero) is 1. The van der Waals surface area contributed by atoms with Crippen LogP contribution in [0.25, 0.3) is 0 Å². The number of anilines is 1. The third-order valence-electron chi connectivity index (χ3n) is 3.30. The molecule has 0 saturated carbocycles. The van der Waals surface area contributed by atoms with Crippen LogP contribution in [0.4, 0.5) is 5.69 Å². The molecule has 2 N–H and O–H groups in total. The van der Waals surface area contributed by atoms with Gasteiger partial charge in [-0.05, 0) is 24.3 Å². The lowest BCUT2D eigenvalue weighted by atomic mass is 9.89. The first-order chi connectivity index (χ1) is 9.91. The number of benzene rings is 1. The van der Waals surface area contributed by atoms with E-state index in [0.717, 1.165) is 0 Å². The minimum atomic E-state index is -2.04. The van der Waals surface area contributed by atoms with Crippen molar-refractivity contribution in [2.24, 2.45) is 0 Å². The molecular weight excluding hydrogens is 317 g/mol. The second-order valence-electron chi connectivity index (χ2n) is 4.70. The Bertz CT molecular complexity index is 742. The summed E-state index contributed by atoms with van der Waals surface area (Å²) in [5.74, 6) is -1.16. The number of hydrogen-bond acceptors (Lipinski definition) is 4. The summed E-state index contributed by atoms with van der Waals surface area (Å²) >= 11 is 11.9. The van der Waals surface area contributed by atoms with Gasteiger partial charge in [-0.25, -0.2) is 0 Å². The van der Waals surface area contributed by atoms with Crippen molar-refractivity contribution in [2.45, 2.75) is 12.0 Å². The summed E-state index contributed by atoms with van der Waals surface area (Å²) in [5, 5.41) is 13.6. The molecule has 1 aliphatic rings. The normalized spacial score (nSPS) is 20.2. The quantitative estimate of drug-likeness (QED) is 0.850. The fourth-order valence-corrected chi connectivity index (χ4v) is 3.01. The van der Waals surface area contributed by atoms with Gasteiger partial charge in [0.15, 0.2) is 11.4 Å². The minimum absolute atomic E-state index is 0.0646. The third-order valence-corrected chi connectivity index (χ3v) is 3.82. The number of ketones is 1. The SMILES string of the molecule is O=C(CC1(O)C(=O)Nc2cc(Cl)cc(Cl)c21)c1ccco1. The molecule has 1 aromatic heterocycles. The lowest BCUT2D eigenvalue weighted by molar-refractivity contribution is -0.133. The molecule has 1 atom stereocenters. The monoisotopic (exact) mass is 325 g/mol. The Morgan fingerprint density at radius 1 is 1.38 bits per heavy atom. The lowest BCUT2D eigenvalue weighted by Crippen LogP contribution is -2.36. The number of halogens is 2. The van der Waals surface area contributed by atoms with Crippen LogP contribution in [0.3, 0.4) is 0 Å². The first kappa shape index (κ1) is 14.1. The Morgan fingerprint density at radius 2 is 2.14 bits per heavy atom. The molecule has 3 rings (SSSR count). The molecule has 0 saturated heterocycles. The number of rotatable bonds is 3. The van der Waals surface area contributed by atoms with Crippen LogP contribution < -0.4 is 5.32 Å². The smallest absolute Gasteiger partial charge is 0.261 e. The predicted octanol–water partition coefficient (Wildman–Crippen LogP) is 3.00.